The molecule has 2 rings (SSSR count). The number of rotatable bonds is 11. The van der Waals surface area contributed by atoms with E-state index in [1.165, 1.54) is 0 Å². The minimum Gasteiger partial charge on any atom is -0.352 e. The number of nitrogens with zero attached hydrogens (tertiary/aromatic N) is 1. The summed E-state index contributed by atoms with van der Waals surface area (Å²) in [7, 11) is 0. The molecule has 2 atom stereocenters. The fraction of sp³-hybridized carbons (Fsp3) is 0.417. The lowest BCUT2D eigenvalue weighted by atomic mass is 10.1. The van der Waals surface area contributed by atoms with Crippen LogP contribution in [-0.4, -0.2) is 34.6 Å². The quantitative estimate of drug-likeness (QED) is 0.364. The third kappa shape index (κ3) is 8.04. The van der Waals surface area contributed by atoms with Crippen molar-refractivity contribution in [2.24, 2.45) is 0 Å². The molecule has 2 amide bonds. The van der Waals surface area contributed by atoms with Crippen LogP contribution in [0.4, 0.5) is 0 Å². The first kappa shape index (κ1) is 24.3. The molecule has 2 aromatic rings. The first-order valence-corrected chi connectivity index (χ1v) is 11.8. The van der Waals surface area contributed by atoms with Crippen molar-refractivity contribution in [3.05, 3.63) is 65.2 Å². The van der Waals surface area contributed by atoms with Crippen molar-refractivity contribution in [1.29, 1.82) is 0 Å². The summed E-state index contributed by atoms with van der Waals surface area (Å²) in [6.45, 7) is 6.24. The van der Waals surface area contributed by atoms with Gasteiger partial charge in [-0.3, -0.25) is 9.59 Å². The molecule has 6 heteroatoms. The van der Waals surface area contributed by atoms with Crippen LogP contribution in [0.25, 0.3) is 0 Å². The summed E-state index contributed by atoms with van der Waals surface area (Å²) in [6.07, 6.45) is 2.01. The fourth-order valence-corrected chi connectivity index (χ4v) is 3.90. The summed E-state index contributed by atoms with van der Waals surface area (Å²) < 4.78 is 0. The van der Waals surface area contributed by atoms with Crippen LogP contribution in [0, 0.1) is 0 Å². The van der Waals surface area contributed by atoms with Crippen LogP contribution in [0.2, 0.25) is 5.02 Å². The monoisotopic (exact) mass is 446 g/mol. The summed E-state index contributed by atoms with van der Waals surface area (Å²) >= 11 is 7.62. The summed E-state index contributed by atoms with van der Waals surface area (Å²) in [5, 5.41) is 3.71. The van der Waals surface area contributed by atoms with Crippen LogP contribution in [-0.2, 0) is 16.1 Å². The van der Waals surface area contributed by atoms with Crippen LogP contribution >= 0.6 is 23.4 Å². The van der Waals surface area contributed by atoms with Gasteiger partial charge < -0.3 is 10.2 Å². The van der Waals surface area contributed by atoms with Gasteiger partial charge in [-0.1, -0.05) is 48.9 Å². The highest BCUT2D eigenvalue weighted by Crippen LogP contribution is 2.22. The molecule has 162 valence electrons. The van der Waals surface area contributed by atoms with Gasteiger partial charge in [-0.15, -0.1) is 11.8 Å². The molecule has 0 saturated heterocycles. The fourth-order valence-electron chi connectivity index (χ4n) is 2.92. The predicted octanol–water partition coefficient (Wildman–Crippen LogP) is 5.54. The maximum absolute atomic E-state index is 13.0. The van der Waals surface area contributed by atoms with Crippen LogP contribution < -0.4 is 5.32 Å². The zero-order chi connectivity index (χ0) is 21.9. The van der Waals surface area contributed by atoms with Crippen LogP contribution in [0.3, 0.4) is 0 Å². The molecule has 2 aromatic carbocycles. The highest BCUT2D eigenvalue weighted by molar-refractivity contribution is 7.99. The predicted molar refractivity (Wildman–Crippen MR) is 126 cm³/mol. The van der Waals surface area contributed by atoms with E-state index in [0.29, 0.717) is 13.0 Å². The van der Waals surface area contributed by atoms with Crippen molar-refractivity contribution in [3.63, 3.8) is 0 Å². The normalized spacial score (nSPS) is 12.8. The lowest BCUT2D eigenvalue weighted by Crippen LogP contribution is -2.49. The van der Waals surface area contributed by atoms with E-state index in [0.717, 1.165) is 34.1 Å². The third-order valence-corrected chi connectivity index (χ3v) is 6.33. The molecule has 1 N–H and O–H groups in total. The minimum atomic E-state index is -0.518. The van der Waals surface area contributed by atoms with Gasteiger partial charge in [0.2, 0.25) is 11.8 Å². The smallest absolute Gasteiger partial charge is 0.242 e. The zero-order valence-corrected chi connectivity index (χ0v) is 19.5. The van der Waals surface area contributed by atoms with E-state index >= 15 is 0 Å². The lowest BCUT2D eigenvalue weighted by Gasteiger charge is -2.29. The van der Waals surface area contributed by atoms with E-state index in [1.807, 2.05) is 68.4 Å². The second-order valence-corrected chi connectivity index (χ2v) is 9.01. The molecule has 0 bridgehead atoms. The number of hydrogen-bond donors (Lipinski definition) is 1. The average Bonchev–Trinajstić information content (AvgIpc) is 2.76. The molecule has 0 spiro atoms. The van der Waals surface area contributed by atoms with E-state index in [-0.39, 0.29) is 17.9 Å². The number of hydrogen-bond acceptors (Lipinski definition) is 3. The number of halogens is 1. The van der Waals surface area contributed by atoms with Crippen LogP contribution in [0.1, 0.15) is 45.6 Å². The third-order valence-electron chi connectivity index (χ3n) is 4.98. The van der Waals surface area contributed by atoms with Gasteiger partial charge in [0.25, 0.3) is 0 Å². The van der Waals surface area contributed by atoms with Crippen molar-refractivity contribution in [2.45, 2.75) is 63.6 Å². The van der Waals surface area contributed by atoms with Crippen LogP contribution in [0.15, 0.2) is 59.5 Å². The SMILES string of the molecule is CC[C@@H](C)NC(=O)[C@@H](C)N(Cc1ccccc1)C(=O)CCCSc1ccc(Cl)cc1. The van der Waals surface area contributed by atoms with Gasteiger partial charge in [-0.2, -0.15) is 0 Å². The lowest BCUT2D eigenvalue weighted by molar-refractivity contribution is -0.140. The van der Waals surface area contributed by atoms with E-state index in [1.54, 1.807) is 23.6 Å². The van der Waals surface area contributed by atoms with Gasteiger partial charge in [-0.05, 0) is 62.3 Å². The summed E-state index contributed by atoms with van der Waals surface area (Å²) in [5.74, 6) is 0.728. The number of thioether (sulfide) groups is 1. The number of carbonyl (C=O) groups excluding carboxylic acids is 2. The van der Waals surface area contributed by atoms with E-state index in [2.05, 4.69) is 5.32 Å². The molecule has 4 nitrogen and oxygen atoms in total. The molecule has 0 radical (unpaired) electrons. The van der Waals surface area contributed by atoms with Crippen molar-refractivity contribution < 1.29 is 9.59 Å². The molecule has 0 saturated carbocycles. The molecule has 0 aliphatic rings. The Kier molecular flexibility index (Phi) is 10.2. The summed E-state index contributed by atoms with van der Waals surface area (Å²) in [6, 6.07) is 17.1. The Bertz CT molecular complexity index is 799. The maximum Gasteiger partial charge on any atom is 0.242 e. The molecule has 0 aromatic heterocycles. The second-order valence-electron chi connectivity index (χ2n) is 7.41. The van der Waals surface area contributed by atoms with Gasteiger partial charge >= 0.3 is 0 Å². The Morgan fingerprint density at radius 1 is 1.07 bits per heavy atom. The van der Waals surface area contributed by atoms with Crippen molar-refractivity contribution in [3.8, 4) is 0 Å². The highest BCUT2D eigenvalue weighted by Gasteiger charge is 2.26. The van der Waals surface area contributed by atoms with Gasteiger partial charge in [-0.25, -0.2) is 0 Å². The molecule has 0 aliphatic heterocycles. The van der Waals surface area contributed by atoms with E-state index < -0.39 is 6.04 Å². The standard InChI is InChI=1S/C24H31ClN2O2S/c1-4-18(2)26-24(29)19(3)27(17-20-9-6-5-7-10-20)23(28)11-8-16-30-22-14-12-21(25)13-15-22/h5-7,9-10,12-15,18-19H,4,8,11,16-17H2,1-3H3,(H,26,29)/t18-,19-/m1/s1. The Morgan fingerprint density at radius 2 is 1.73 bits per heavy atom. The summed E-state index contributed by atoms with van der Waals surface area (Å²) in [5.41, 5.74) is 1.02. The largest absolute Gasteiger partial charge is 0.352 e. The maximum atomic E-state index is 13.0. The Balaban J connectivity index is 1.96. The highest BCUT2D eigenvalue weighted by atomic mass is 35.5. The van der Waals surface area contributed by atoms with Gasteiger partial charge in [0.05, 0.1) is 0 Å². The van der Waals surface area contributed by atoms with E-state index in [4.69, 9.17) is 11.6 Å². The minimum absolute atomic E-state index is 0.00219. The summed E-state index contributed by atoms with van der Waals surface area (Å²) in [4.78, 5) is 28.5. The Morgan fingerprint density at radius 3 is 2.37 bits per heavy atom. The number of nitrogens with one attached hydrogen (secondary N) is 1. The molecular weight excluding hydrogens is 416 g/mol. The van der Waals surface area contributed by atoms with Gasteiger partial charge in [0, 0.05) is 28.9 Å². The Labute approximate surface area is 189 Å². The molecule has 0 aliphatic carbocycles. The first-order chi connectivity index (χ1) is 14.4. The number of benzene rings is 2. The average molecular weight is 447 g/mol. The van der Waals surface area contributed by atoms with Gasteiger partial charge in [0.15, 0.2) is 0 Å². The zero-order valence-electron chi connectivity index (χ0n) is 17.9. The molecule has 0 unspecified atom stereocenters. The molecular formula is C24H31ClN2O2S. The molecule has 30 heavy (non-hydrogen) atoms. The first-order valence-electron chi connectivity index (χ1n) is 10.4. The molecule has 0 heterocycles. The van der Waals surface area contributed by atoms with E-state index in [9.17, 15) is 9.59 Å². The van der Waals surface area contributed by atoms with Crippen molar-refractivity contribution >= 4 is 35.2 Å². The van der Waals surface area contributed by atoms with Crippen molar-refractivity contribution in [2.75, 3.05) is 5.75 Å². The number of amides is 2. The topological polar surface area (TPSA) is 49.4 Å². The van der Waals surface area contributed by atoms with Gasteiger partial charge in [0.1, 0.15) is 6.04 Å². The number of carbonyl (C=O) groups is 2. The van der Waals surface area contributed by atoms with Crippen molar-refractivity contribution in [1.82, 2.24) is 10.2 Å². The molecule has 0 fully saturated rings. The second kappa shape index (κ2) is 12.7. The Hall–Kier alpha value is -1.98. The van der Waals surface area contributed by atoms with Crippen LogP contribution in [0.5, 0.6) is 0 Å².